The number of esters is 1. The van der Waals surface area contributed by atoms with Gasteiger partial charge in [-0.2, -0.15) is 0 Å². The number of carbonyl (C=O) groups is 1. The number of carbonyl (C=O) groups excluding carboxylic acids is 1. The summed E-state index contributed by atoms with van der Waals surface area (Å²) in [6.07, 6.45) is -0.429. The Bertz CT molecular complexity index is 147. The van der Waals surface area contributed by atoms with Gasteiger partial charge in [0.25, 0.3) is 0 Å². The molecular formula is C8H17NO3. The fourth-order valence-corrected chi connectivity index (χ4v) is 0.925. The molecule has 1 N–H and O–H groups in total. The lowest BCUT2D eigenvalue weighted by Crippen LogP contribution is -2.40. The second-order valence-corrected chi connectivity index (χ2v) is 2.99. The predicted molar refractivity (Wildman–Crippen MR) is 45.8 cm³/mol. The normalized spacial score (nSPS) is 15.8. The van der Waals surface area contributed by atoms with E-state index in [0.29, 0.717) is 6.54 Å². The van der Waals surface area contributed by atoms with E-state index in [1.54, 1.807) is 25.8 Å². The molecule has 2 atom stereocenters. The fraction of sp³-hybridized carbons (Fsp3) is 0.875. The van der Waals surface area contributed by atoms with Gasteiger partial charge in [0.1, 0.15) is 6.04 Å². The number of likely N-dealkylation sites (N-methyl/N-ethyl adjacent to an activating group) is 1. The summed E-state index contributed by atoms with van der Waals surface area (Å²) in [7, 11) is 3.13. The molecule has 0 rings (SSSR count). The molecule has 4 heteroatoms. The molecule has 0 aromatic carbocycles. The molecule has 0 spiro atoms. The second-order valence-electron chi connectivity index (χ2n) is 2.99. The zero-order valence-electron chi connectivity index (χ0n) is 8.07. The average molecular weight is 175 g/mol. The van der Waals surface area contributed by atoms with E-state index in [0.717, 1.165) is 0 Å². The average Bonchev–Trinajstić information content (AvgIpc) is 2.00. The highest BCUT2D eigenvalue weighted by atomic mass is 16.5. The van der Waals surface area contributed by atoms with E-state index in [4.69, 9.17) is 5.11 Å². The van der Waals surface area contributed by atoms with Gasteiger partial charge < -0.3 is 9.84 Å². The minimum absolute atomic E-state index is 0.279. The number of hydrogen-bond acceptors (Lipinski definition) is 4. The molecule has 0 saturated carbocycles. The van der Waals surface area contributed by atoms with E-state index in [2.05, 4.69) is 4.74 Å². The van der Waals surface area contributed by atoms with Gasteiger partial charge in [-0.25, -0.2) is 0 Å². The van der Waals surface area contributed by atoms with Crippen molar-refractivity contribution in [2.75, 3.05) is 20.7 Å². The van der Waals surface area contributed by atoms with E-state index in [1.807, 2.05) is 0 Å². The first-order chi connectivity index (χ1) is 5.49. The van der Waals surface area contributed by atoms with E-state index in [9.17, 15) is 4.79 Å². The minimum Gasteiger partial charge on any atom is -0.468 e. The highest BCUT2D eigenvalue weighted by Crippen LogP contribution is 1.98. The van der Waals surface area contributed by atoms with Gasteiger partial charge in [-0.1, -0.05) is 0 Å². The molecule has 72 valence electrons. The van der Waals surface area contributed by atoms with Crippen LogP contribution in [0, 0.1) is 0 Å². The largest absolute Gasteiger partial charge is 0.468 e. The standard InChI is InChI=1S/C8H17NO3/c1-6(10)5-9(3)7(2)8(11)12-4/h6-7,10H,5H2,1-4H3. The van der Waals surface area contributed by atoms with Crippen molar-refractivity contribution >= 4 is 5.97 Å². The van der Waals surface area contributed by atoms with E-state index in [1.165, 1.54) is 7.11 Å². The molecule has 0 heterocycles. The smallest absolute Gasteiger partial charge is 0.322 e. The van der Waals surface area contributed by atoms with Crippen molar-refractivity contribution in [3.8, 4) is 0 Å². The third kappa shape index (κ3) is 3.69. The molecule has 0 aromatic heterocycles. The highest BCUT2D eigenvalue weighted by Gasteiger charge is 2.18. The van der Waals surface area contributed by atoms with Gasteiger partial charge in [-0.3, -0.25) is 9.69 Å². The lowest BCUT2D eigenvalue weighted by Gasteiger charge is -2.23. The van der Waals surface area contributed by atoms with E-state index >= 15 is 0 Å². The van der Waals surface area contributed by atoms with Crippen molar-refractivity contribution in [2.24, 2.45) is 0 Å². The Balaban J connectivity index is 3.91. The summed E-state index contributed by atoms with van der Waals surface area (Å²) >= 11 is 0. The summed E-state index contributed by atoms with van der Waals surface area (Å²) in [6, 6.07) is -0.301. The molecule has 0 aromatic rings. The van der Waals surface area contributed by atoms with Gasteiger partial charge in [-0.05, 0) is 20.9 Å². The lowest BCUT2D eigenvalue weighted by molar-refractivity contribution is -0.146. The maximum atomic E-state index is 11.0. The molecule has 0 bridgehead atoms. The Morgan fingerprint density at radius 1 is 1.58 bits per heavy atom. The SMILES string of the molecule is COC(=O)C(C)N(C)CC(C)O. The third-order valence-electron chi connectivity index (χ3n) is 1.76. The molecule has 2 unspecified atom stereocenters. The zero-order valence-corrected chi connectivity index (χ0v) is 8.07. The second kappa shape index (κ2) is 5.11. The molecule has 0 amide bonds. The van der Waals surface area contributed by atoms with Crippen LogP contribution in [0.4, 0.5) is 0 Å². The minimum atomic E-state index is -0.429. The monoisotopic (exact) mass is 175 g/mol. The quantitative estimate of drug-likeness (QED) is 0.604. The third-order valence-corrected chi connectivity index (χ3v) is 1.76. The summed E-state index contributed by atoms with van der Waals surface area (Å²) in [5.41, 5.74) is 0. The van der Waals surface area contributed by atoms with Crippen LogP contribution in [0.3, 0.4) is 0 Å². The van der Waals surface area contributed by atoms with Crippen molar-refractivity contribution < 1.29 is 14.6 Å². The Kier molecular flexibility index (Phi) is 4.85. The van der Waals surface area contributed by atoms with Crippen molar-refractivity contribution in [3.05, 3.63) is 0 Å². The topological polar surface area (TPSA) is 49.8 Å². The summed E-state index contributed by atoms with van der Waals surface area (Å²) in [5.74, 6) is -0.279. The fourth-order valence-electron chi connectivity index (χ4n) is 0.925. The molecule has 0 radical (unpaired) electrons. The number of aliphatic hydroxyl groups is 1. The summed E-state index contributed by atoms with van der Waals surface area (Å²) in [6.45, 7) is 3.89. The Morgan fingerprint density at radius 2 is 2.08 bits per heavy atom. The molecule has 0 aliphatic heterocycles. The molecule has 0 saturated heterocycles. The Labute approximate surface area is 73.1 Å². The van der Waals surface area contributed by atoms with Crippen molar-refractivity contribution in [3.63, 3.8) is 0 Å². The molecule has 0 aliphatic carbocycles. The van der Waals surface area contributed by atoms with Gasteiger partial charge in [0, 0.05) is 6.54 Å². The Hall–Kier alpha value is -0.610. The van der Waals surface area contributed by atoms with Crippen LogP contribution in [0.1, 0.15) is 13.8 Å². The van der Waals surface area contributed by atoms with Crippen LogP contribution in [0.5, 0.6) is 0 Å². The van der Waals surface area contributed by atoms with Crippen LogP contribution in [-0.4, -0.2) is 48.8 Å². The molecular weight excluding hydrogens is 158 g/mol. The Morgan fingerprint density at radius 3 is 2.42 bits per heavy atom. The van der Waals surface area contributed by atoms with Gasteiger partial charge in [0.15, 0.2) is 0 Å². The molecule has 4 nitrogen and oxygen atoms in total. The number of rotatable bonds is 4. The zero-order chi connectivity index (χ0) is 9.72. The summed E-state index contributed by atoms with van der Waals surface area (Å²) in [4.78, 5) is 12.7. The first-order valence-electron chi connectivity index (χ1n) is 3.95. The molecule has 0 aliphatic rings. The van der Waals surface area contributed by atoms with Crippen LogP contribution < -0.4 is 0 Å². The van der Waals surface area contributed by atoms with Gasteiger partial charge >= 0.3 is 5.97 Å². The number of hydrogen-bond donors (Lipinski definition) is 1. The maximum Gasteiger partial charge on any atom is 0.322 e. The van der Waals surface area contributed by atoms with Crippen LogP contribution in [-0.2, 0) is 9.53 Å². The van der Waals surface area contributed by atoms with E-state index < -0.39 is 6.10 Å². The van der Waals surface area contributed by atoms with Crippen LogP contribution in [0.15, 0.2) is 0 Å². The van der Waals surface area contributed by atoms with Crippen molar-refractivity contribution in [1.29, 1.82) is 0 Å². The predicted octanol–water partition coefficient (Wildman–Crippen LogP) is -0.139. The number of nitrogens with zero attached hydrogens (tertiary/aromatic N) is 1. The number of aliphatic hydroxyl groups excluding tert-OH is 1. The molecule has 12 heavy (non-hydrogen) atoms. The van der Waals surface area contributed by atoms with Gasteiger partial charge in [-0.15, -0.1) is 0 Å². The van der Waals surface area contributed by atoms with Crippen LogP contribution >= 0.6 is 0 Å². The van der Waals surface area contributed by atoms with Gasteiger partial charge in [0.05, 0.1) is 13.2 Å². The first-order valence-corrected chi connectivity index (χ1v) is 3.95. The van der Waals surface area contributed by atoms with Crippen LogP contribution in [0.2, 0.25) is 0 Å². The lowest BCUT2D eigenvalue weighted by atomic mass is 10.2. The number of ether oxygens (including phenoxy) is 1. The van der Waals surface area contributed by atoms with Gasteiger partial charge in [0.2, 0.25) is 0 Å². The van der Waals surface area contributed by atoms with Crippen molar-refractivity contribution in [1.82, 2.24) is 4.90 Å². The maximum absolute atomic E-state index is 11.0. The molecule has 0 fully saturated rings. The van der Waals surface area contributed by atoms with E-state index in [-0.39, 0.29) is 12.0 Å². The summed E-state index contributed by atoms with van der Waals surface area (Å²) < 4.78 is 4.55. The van der Waals surface area contributed by atoms with Crippen molar-refractivity contribution in [2.45, 2.75) is 26.0 Å². The highest BCUT2D eigenvalue weighted by molar-refractivity contribution is 5.75. The summed E-state index contributed by atoms with van der Waals surface area (Å²) in [5, 5.41) is 9.03. The number of methoxy groups -OCH3 is 1. The first kappa shape index (κ1) is 11.4. The van der Waals surface area contributed by atoms with Crippen LogP contribution in [0.25, 0.3) is 0 Å².